The molecule has 2 aliphatic carbocycles. The van der Waals surface area contributed by atoms with Crippen LogP contribution < -0.4 is 20.1 Å². The molecule has 1 unspecified atom stereocenters. The number of carbonyl (C=O) groups is 2. The molecule has 0 radical (unpaired) electrons. The summed E-state index contributed by atoms with van der Waals surface area (Å²) in [5.74, 6) is 0.656. The number of nitrogens with one attached hydrogen (secondary N) is 2. The molecule has 0 saturated heterocycles. The minimum Gasteiger partial charge on any atom is -0.491 e. The zero-order valence-corrected chi connectivity index (χ0v) is 34.2. The van der Waals surface area contributed by atoms with Crippen LogP contribution in [0.2, 0.25) is 0 Å². The summed E-state index contributed by atoms with van der Waals surface area (Å²) in [4.78, 5) is 26.1. The van der Waals surface area contributed by atoms with E-state index in [2.05, 4.69) is 10.6 Å². The van der Waals surface area contributed by atoms with Crippen molar-refractivity contribution in [2.24, 2.45) is 11.8 Å². The molecular formula is C44H54N2O8S2. The van der Waals surface area contributed by atoms with Crippen molar-refractivity contribution in [3.63, 3.8) is 0 Å². The Balaban J connectivity index is 0.000000214. The van der Waals surface area contributed by atoms with Gasteiger partial charge >= 0.3 is 0 Å². The van der Waals surface area contributed by atoms with Crippen LogP contribution >= 0.6 is 0 Å². The van der Waals surface area contributed by atoms with Crippen LogP contribution in [0.4, 0.5) is 11.4 Å². The summed E-state index contributed by atoms with van der Waals surface area (Å²) in [7, 11) is -6.83. The predicted molar refractivity (Wildman–Crippen MR) is 220 cm³/mol. The lowest BCUT2D eigenvalue weighted by atomic mass is 9.88. The van der Waals surface area contributed by atoms with Gasteiger partial charge in [-0.15, -0.1) is 0 Å². The predicted octanol–water partition coefficient (Wildman–Crippen LogP) is 8.89. The molecule has 0 aromatic heterocycles. The zero-order chi connectivity index (χ0) is 40.3. The molecule has 2 aliphatic rings. The van der Waals surface area contributed by atoms with Crippen molar-refractivity contribution in [1.29, 1.82) is 0 Å². The number of rotatable bonds is 12. The molecule has 2 amide bonds. The highest BCUT2D eigenvalue weighted by molar-refractivity contribution is 7.92. The molecule has 0 aliphatic heterocycles. The van der Waals surface area contributed by atoms with Gasteiger partial charge in [0, 0.05) is 23.2 Å². The van der Waals surface area contributed by atoms with E-state index in [1.807, 2.05) is 52.0 Å². The van der Waals surface area contributed by atoms with Gasteiger partial charge in [-0.05, 0) is 139 Å². The fraction of sp³-hybridized carbons (Fsp3) is 0.409. The minimum absolute atomic E-state index is 0.0891. The standard InChI is InChI=1S/2C22H27NO4S/c2*1-16(2)27-19-13-11-18(12-14-19)23-22(24)17-7-6-10-21(15-17)28(25,26)20-8-4-3-5-9-20/h2*3-5,8-9,11-14,16-17,21H,6-7,10,15H2,1-2H3,(H,23,24)/t17-,21?;17-,21+/m11/s1. The average Bonchev–Trinajstić information content (AvgIpc) is 3.20. The first-order valence-electron chi connectivity index (χ1n) is 19.5. The van der Waals surface area contributed by atoms with Gasteiger partial charge < -0.3 is 20.1 Å². The summed E-state index contributed by atoms with van der Waals surface area (Å²) in [6, 6.07) is 31.5. The van der Waals surface area contributed by atoms with E-state index in [9.17, 15) is 26.4 Å². The van der Waals surface area contributed by atoms with Crippen LogP contribution in [0.25, 0.3) is 0 Å². The van der Waals surface area contributed by atoms with Crippen molar-refractivity contribution in [3.8, 4) is 11.5 Å². The first-order chi connectivity index (χ1) is 26.7. The second kappa shape index (κ2) is 19.5. The highest BCUT2D eigenvalue weighted by atomic mass is 32.2. The molecule has 12 heteroatoms. The van der Waals surface area contributed by atoms with Gasteiger partial charge in [0.25, 0.3) is 0 Å². The third kappa shape index (κ3) is 11.7. The smallest absolute Gasteiger partial charge is 0.227 e. The van der Waals surface area contributed by atoms with Crippen LogP contribution in [0.1, 0.15) is 79.1 Å². The highest BCUT2D eigenvalue weighted by Crippen LogP contribution is 2.34. The van der Waals surface area contributed by atoms with E-state index in [4.69, 9.17) is 9.47 Å². The number of sulfone groups is 2. The number of carbonyl (C=O) groups excluding carboxylic acids is 2. The fourth-order valence-electron chi connectivity index (χ4n) is 7.20. The molecule has 2 fully saturated rings. The van der Waals surface area contributed by atoms with Gasteiger partial charge in [0.2, 0.25) is 11.8 Å². The lowest BCUT2D eigenvalue weighted by Crippen LogP contribution is -2.34. The van der Waals surface area contributed by atoms with Crippen LogP contribution in [-0.2, 0) is 29.3 Å². The molecule has 10 nitrogen and oxygen atoms in total. The molecule has 4 atom stereocenters. The molecule has 0 heterocycles. The molecule has 56 heavy (non-hydrogen) atoms. The Hall–Kier alpha value is -4.68. The van der Waals surface area contributed by atoms with Crippen molar-refractivity contribution in [2.75, 3.05) is 10.6 Å². The Labute approximate surface area is 332 Å². The molecule has 0 spiro atoms. The Morgan fingerprint density at radius 2 is 0.857 bits per heavy atom. The second-order valence-corrected chi connectivity index (χ2v) is 19.5. The summed E-state index contributed by atoms with van der Waals surface area (Å²) >= 11 is 0. The number of ether oxygens (including phenoxy) is 2. The fourth-order valence-corrected chi connectivity index (χ4v) is 11.0. The van der Waals surface area contributed by atoms with Gasteiger partial charge in [-0.2, -0.15) is 0 Å². The van der Waals surface area contributed by atoms with Gasteiger partial charge in [-0.1, -0.05) is 49.2 Å². The third-order valence-electron chi connectivity index (χ3n) is 10.0. The molecule has 0 bridgehead atoms. The number of benzene rings is 4. The van der Waals surface area contributed by atoms with E-state index < -0.39 is 30.2 Å². The Kier molecular flexibility index (Phi) is 14.8. The molecule has 2 saturated carbocycles. The van der Waals surface area contributed by atoms with Gasteiger partial charge in [-0.25, -0.2) is 16.8 Å². The van der Waals surface area contributed by atoms with Crippen LogP contribution in [0, 0.1) is 11.8 Å². The van der Waals surface area contributed by atoms with Crippen LogP contribution in [0.15, 0.2) is 119 Å². The summed E-state index contributed by atoms with van der Waals surface area (Å²) in [5.41, 5.74) is 1.38. The highest BCUT2D eigenvalue weighted by Gasteiger charge is 2.37. The molecule has 4 aromatic rings. The third-order valence-corrected chi connectivity index (χ3v) is 14.5. The van der Waals surface area contributed by atoms with E-state index in [1.54, 1.807) is 84.9 Å². The van der Waals surface area contributed by atoms with Crippen molar-refractivity contribution >= 4 is 42.9 Å². The van der Waals surface area contributed by atoms with Gasteiger partial charge in [0.05, 0.1) is 32.5 Å². The van der Waals surface area contributed by atoms with Crippen LogP contribution in [0.3, 0.4) is 0 Å². The number of amides is 2. The van der Waals surface area contributed by atoms with Gasteiger partial charge in [0.1, 0.15) is 11.5 Å². The van der Waals surface area contributed by atoms with E-state index >= 15 is 0 Å². The van der Waals surface area contributed by atoms with Gasteiger partial charge in [0.15, 0.2) is 19.7 Å². The number of hydrogen-bond acceptors (Lipinski definition) is 8. The Morgan fingerprint density at radius 3 is 1.18 bits per heavy atom. The largest absolute Gasteiger partial charge is 0.491 e. The molecule has 6 rings (SSSR count). The zero-order valence-electron chi connectivity index (χ0n) is 32.6. The lowest BCUT2D eigenvalue weighted by Gasteiger charge is -2.28. The van der Waals surface area contributed by atoms with E-state index in [-0.39, 0.29) is 35.9 Å². The van der Waals surface area contributed by atoms with Crippen molar-refractivity contribution < 1.29 is 35.9 Å². The molecule has 2 N–H and O–H groups in total. The van der Waals surface area contributed by atoms with Crippen molar-refractivity contribution in [3.05, 3.63) is 109 Å². The van der Waals surface area contributed by atoms with Crippen LogP contribution in [-0.4, -0.2) is 51.4 Å². The lowest BCUT2D eigenvalue weighted by molar-refractivity contribution is -0.121. The maximum absolute atomic E-state index is 12.9. The molecular weight excluding hydrogens is 749 g/mol. The first-order valence-corrected chi connectivity index (χ1v) is 22.5. The van der Waals surface area contributed by atoms with Gasteiger partial charge in [-0.3, -0.25) is 9.59 Å². The second-order valence-electron chi connectivity index (χ2n) is 15.0. The maximum atomic E-state index is 12.9. The van der Waals surface area contributed by atoms with Crippen LogP contribution in [0.5, 0.6) is 11.5 Å². The normalized spacial score (nSPS) is 20.0. The molecule has 4 aromatic carbocycles. The van der Waals surface area contributed by atoms with Crippen molar-refractivity contribution in [2.45, 2.75) is 112 Å². The topological polar surface area (TPSA) is 145 Å². The maximum Gasteiger partial charge on any atom is 0.227 e. The Morgan fingerprint density at radius 1 is 0.518 bits per heavy atom. The quantitative estimate of drug-likeness (QED) is 0.145. The summed E-state index contributed by atoms with van der Waals surface area (Å²) in [6.45, 7) is 7.83. The monoisotopic (exact) mass is 802 g/mol. The molecule has 300 valence electrons. The minimum atomic E-state index is -3.42. The SMILES string of the molecule is CC(C)Oc1ccc(NC(=O)[C@@H]2CCCC(S(=O)(=O)c3ccccc3)C2)cc1.CC(C)Oc1ccc(NC(=O)[C@@H]2CCC[C@H](S(=O)(=O)c3ccccc3)C2)cc1. The Bertz CT molecular complexity index is 1940. The average molecular weight is 803 g/mol. The first kappa shape index (κ1) is 42.5. The van der Waals surface area contributed by atoms with E-state index in [0.717, 1.165) is 24.3 Å². The summed E-state index contributed by atoms with van der Waals surface area (Å²) in [6.07, 6.45) is 4.98. The van der Waals surface area contributed by atoms with Crippen molar-refractivity contribution in [1.82, 2.24) is 0 Å². The summed E-state index contributed by atoms with van der Waals surface area (Å²) < 4.78 is 62.8. The number of hydrogen-bond donors (Lipinski definition) is 2. The van der Waals surface area contributed by atoms with E-state index in [0.29, 0.717) is 59.7 Å². The van der Waals surface area contributed by atoms with E-state index in [1.165, 1.54) is 0 Å². The number of anilines is 2. The summed E-state index contributed by atoms with van der Waals surface area (Å²) in [5, 5.41) is 4.80.